The second kappa shape index (κ2) is 7.51. The van der Waals surface area contributed by atoms with E-state index >= 15 is 0 Å². The van der Waals surface area contributed by atoms with Crippen LogP contribution in [0.25, 0.3) is 11.5 Å². The van der Waals surface area contributed by atoms with Crippen LogP contribution in [0.4, 0.5) is 0 Å². The van der Waals surface area contributed by atoms with Crippen LogP contribution < -0.4 is 9.47 Å². The Balaban J connectivity index is 1.33. The van der Waals surface area contributed by atoms with Gasteiger partial charge < -0.3 is 18.8 Å². The van der Waals surface area contributed by atoms with Gasteiger partial charge in [0.15, 0.2) is 11.5 Å². The molecule has 2 heterocycles. The first kappa shape index (κ1) is 18.2. The molecule has 0 radical (unpaired) electrons. The molecule has 1 aliphatic carbocycles. The van der Waals surface area contributed by atoms with Gasteiger partial charge in [0.05, 0.1) is 12.1 Å². The molecule has 5 rings (SSSR count). The molecule has 7 nitrogen and oxygen atoms in total. The van der Waals surface area contributed by atoms with E-state index in [-0.39, 0.29) is 25.1 Å². The quantitative estimate of drug-likeness (QED) is 0.581. The largest absolute Gasteiger partial charge is 0.485 e. The summed E-state index contributed by atoms with van der Waals surface area (Å²) in [5, 5.41) is 8.28. The first-order valence-corrected chi connectivity index (χ1v) is 10.2. The smallest absolute Gasteiger partial charge is 0.267 e. The van der Waals surface area contributed by atoms with Crippen LogP contribution in [0.15, 0.2) is 57.4 Å². The summed E-state index contributed by atoms with van der Waals surface area (Å²) in [5.41, 5.74) is 0.816. The van der Waals surface area contributed by atoms with Crippen molar-refractivity contribution in [2.75, 3.05) is 6.61 Å². The van der Waals surface area contributed by atoms with Crippen molar-refractivity contribution < 1.29 is 18.7 Å². The van der Waals surface area contributed by atoms with E-state index in [1.54, 1.807) is 11.0 Å². The molecule has 29 heavy (non-hydrogen) atoms. The van der Waals surface area contributed by atoms with Gasteiger partial charge in [-0.1, -0.05) is 24.3 Å². The predicted octanol–water partition coefficient (Wildman–Crippen LogP) is 3.83. The standard InChI is InChI=1S/C21H18BrN3O4/c22-15-6-2-1-5-14(15)20-24-23-19(29-20)11-25(13-9-10-13)21(26)18-12-27-16-7-3-4-8-17(16)28-18/h1-8,13,18H,9-12H2. The lowest BCUT2D eigenvalue weighted by Crippen LogP contribution is -2.47. The van der Waals surface area contributed by atoms with E-state index in [1.165, 1.54) is 0 Å². The summed E-state index contributed by atoms with van der Waals surface area (Å²) < 4.78 is 18.3. The van der Waals surface area contributed by atoms with E-state index in [0.717, 1.165) is 22.9 Å². The molecule has 1 aromatic heterocycles. The average Bonchev–Trinajstić information content (AvgIpc) is 3.49. The number of carbonyl (C=O) groups excluding carboxylic acids is 1. The number of amides is 1. The molecule has 0 N–H and O–H groups in total. The molecule has 1 aliphatic heterocycles. The fourth-order valence-corrected chi connectivity index (χ4v) is 3.76. The number of hydrogen-bond acceptors (Lipinski definition) is 6. The molecule has 0 bridgehead atoms. The fourth-order valence-electron chi connectivity index (χ4n) is 3.31. The van der Waals surface area contributed by atoms with Crippen molar-refractivity contribution in [3.8, 4) is 23.0 Å². The fraction of sp³-hybridized carbons (Fsp3) is 0.286. The van der Waals surface area contributed by atoms with E-state index in [4.69, 9.17) is 13.9 Å². The molecule has 3 aromatic rings. The number of para-hydroxylation sites is 2. The van der Waals surface area contributed by atoms with Gasteiger partial charge in [0.1, 0.15) is 6.61 Å². The van der Waals surface area contributed by atoms with Gasteiger partial charge in [-0.2, -0.15) is 0 Å². The highest BCUT2D eigenvalue weighted by molar-refractivity contribution is 9.10. The highest BCUT2D eigenvalue weighted by atomic mass is 79.9. The van der Waals surface area contributed by atoms with Gasteiger partial charge >= 0.3 is 0 Å². The Labute approximate surface area is 175 Å². The van der Waals surface area contributed by atoms with Crippen LogP contribution in [0.2, 0.25) is 0 Å². The summed E-state index contributed by atoms with van der Waals surface area (Å²) in [7, 11) is 0. The lowest BCUT2D eigenvalue weighted by atomic mass is 10.2. The van der Waals surface area contributed by atoms with Gasteiger partial charge in [-0.15, -0.1) is 10.2 Å². The molecule has 1 amide bonds. The minimum Gasteiger partial charge on any atom is -0.485 e. The van der Waals surface area contributed by atoms with Gasteiger partial charge in [-0.05, 0) is 53.0 Å². The molecule has 2 aliphatic rings. The maximum atomic E-state index is 13.1. The van der Waals surface area contributed by atoms with Crippen molar-refractivity contribution in [2.24, 2.45) is 0 Å². The van der Waals surface area contributed by atoms with E-state index in [2.05, 4.69) is 26.1 Å². The van der Waals surface area contributed by atoms with Gasteiger partial charge in [-0.25, -0.2) is 0 Å². The Bertz CT molecular complexity index is 1050. The first-order chi connectivity index (χ1) is 14.2. The Morgan fingerprint density at radius 2 is 1.83 bits per heavy atom. The maximum absolute atomic E-state index is 13.1. The zero-order valence-corrected chi connectivity index (χ0v) is 17.0. The second-order valence-electron chi connectivity index (χ2n) is 7.04. The van der Waals surface area contributed by atoms with Gasteiger partial charge in [-0.3, -0.25) is 4.79 Å². The van der Waals surface area contributed by atoms with Crippen molar-refractivity contribution in [1.29, 1.82) is 0 Å². The third kappa shape index (κ3) is 3.72. The predicted molar refractivity (Wildman–Crippen MR) is 107 cm³/mol. The topological polar surface area (TPSA) is 77.7 Å². The summed E-state index contributed by atoms with van der Waals surface area (Å²) in [6.45, 7) is 0.438. The zero-order chi connectivity index (χ0) is 19.8. The summed E-state index contributed by atoms with van der Waals surface area (Å²) >= 11 is 3.49. The summed E-state index contributed by atoms with van der Waals surface area (Å²) in [6, 6.07) is 15.2. The maximum Gasteiger partial charge on any atom is 0.267 e. The van der Waals surface area contributed by atoms with Crippen molar-refractivity contribution >= 4 is 21.8 Å². The Hall–Kier alpha value is -2.87. The van der Waals surface area contributed by atoms with Crippen LogP contribution in [-0.4, -0.2) is 39.8 Å². The molecule has 1 unspecified atom stereocenters. The van der Waals surface area contributed by atoms with Crippen molar-refractivity contribution in [3.05, 3.63) is 58.9 Å². The summed E-state index contributed by atoms with van der Waals surface area (Å²) in [4.78, 5) is 14.9. The summed E-state index contributed by atoms with van der Waals surface area (Å²) in [6.07, 6.45) is 1.23. The number of halogens is 1. The first-order valence-electron chi connectivity index (χ1n) is 9.45. The SMILES string of the molecule is O=C(C1COc2ccccc2O1)N(Cc1nnc(-c2ccccc2Br)o1)C1CC1. The zero-order valence-electron chi connectivity index (χ0n) is 15.5. The van der Waals surface area contributed by atoms with Crippen LogP contribution in [0, 0.1) is 0 Å². The van der Waals surface area contributed by atoms with Gasteiger partial charge in [0.2, 0.25) is 17.9 Å². The Kier molecular flexibility index (Phi) is 4.71. The monoisotopic (exact) mass is 455 g/mol. The van der Waals surface area contributed by atoms with E-state index in [9.17, 15) is 4.79 Å². The van der Waals surface area contributed by atoms with Gasteiger partial charge in [0, 0.05) is 10.5 Å². The Morgan fingerprint density at radius 3 is 2.62 bits per heavy atom. The number of rotatable bonds is 5. The van der Waals surface area contributed by atoms with Crippen molar-refractivity contribution in [3.63, 3.8) is 0 Å². The molecular weight excluding hydrogens is 438 g/mol. The molecule has 1 saturated carbocycles. The number of carbonyl (C=O) groups is 1. The Morgan fingerprint density at radius 1 is 1.07 bits per heavy atom. The number of fused-ring (bicyclic) bond motifs is 1. The molecular formula is C21H18BrN3O4. The number of benzene rings is 2. The molecule has 0 spiro atoms. The molecule has 1 fully saturated rings. The number of ether oxygens (including phenoxy) is 2. The number of aromatic nitrogens is 2. The number of nitrogens with zero attached hydrogens (tertiary/aromatic N) is 3. The highest BCUT2D eigenvalue weighted by Crippen LogP contribution is 2.34. The lowest BCUT2D eigenvalue weighted by molar-refractivity contribution is -0.142. The average molecular weight is 456 g/mol. The van der Waals surface area contributed by atoms with Crippen LogP contribution >= 0.6 is 15.9 Å². The van der Waals surface area contributed by atoms with Crippen LogP contribution in [0.1, 0.15) is 18.7 Å². The molecule has 0 saturated heterocycles. The van der Waals surface area contributed by atoms with E-state index < -0.39 is 6.10 Å². The van der Waals surface area contributed by atoms with Gasteiger partial charge in [0.25, 0.3) is 5.91 Å². The third-order valence-electron chi connectivity index (χ3n) is 4.93. The minimum absolute atomic E-state index is 0.123. The van der Waals surface area contributed by atoms with Crippen LogP contribution in [0.5, 0.6) is 11.5 Å². The highest BCUT2D eigenvalue weighted by Gasteiger charge is 2.39. The molecule has 1 atom stereocenters. The van der Waals surface area contributed by atoms with Crippen molar-refractivity contribution in [1.82, 2.24) is 15.1 Å². The summed E-state index contributed by atoms with van der Waals surface area (Å²) in [5.74, 6) is 1.93. The third-order valence-corrected chi connectivity index (χ3v) is 5.62. The van der Waals surface area contributed by atoms with Crippen molar-refractivity contribution in [2.45, 2.75) is 31.5 Å². The second-order valence-corrected chi connectivity index (χ2v) is 7.90. The van der Waals surface area contributed by atoms with E-state index in [1.807, 2.05) is 42.5 Å². The molecule has 2 aromatic carbocycles. The molecule has 148 valence electrons. The lowest BCUT2D eigenvalue weighted by Gasteiger charge is -2.30. The number of hydrogen-bond donors (Lipinski definition) is 0. The molecule has 8 heteroatoms. The van der Waals surface area contributed by atoms with E-state index in [0.29, 0.717) is 23.3 Å². The normalized spacial score (nSPS) is 17.8. The van der Waals surface area contributed by atoms with Crippen LogP contribution in [0.3, 0.4) is 0 Å². The minimum atomic E-state index is -0.684. The van der Waals surface area contributed by atoms with Crippen LogP contribution in [-0.2, 0) is 11.3 Å².